The number of nitrogens with one attached hydrogen (secondary N) is 2. The predicted molar refractivity (Wildman–Crippen MR) is 123 cm³/mol. The summed E-state index contributed by atoms with van der Waals surface area (Å²) >= 11 is 6.37. The van der Waals surface area contributed by atoms with Gasteiger partial charge in [0.05, 0.1) is 30.7 Å². The molecule has 1 aromatic carbocycles. The molecule has 5 rings (SSSR count). The molecule has 3 aromatic rings. The van der Waals surface area contributed by atoms with Crippen LogP contribution < -0.4 is 10.6 Å². The minimum absolute atomic E-state index is 0.0652. The van der Waals surface area contributed by atoms with E-state index in [1.807, 2.05) is 37.3 Å². The van der Waals surface area contributed by atoms with Crippen molar-refractivity contribution in [1.29, 1.82) is 0 Å². The van der Waals surface area contributed by atoms with Crippen LogP contribution in [0.1, 0.15) is 28.2 Å². The van der Waals surface area contributed by atoms with Gasteiger partial charge in [0.25, 0.3) is 5.91 Å². The quantitative estimate of drug-likeness (QED) is 0.583. The molecule has 1 amide bonds. The molecule has 2 aliphatic rings. The number of hydrogen-bond acceptors (Lipinski definition) is 5. The van der Waals surface area contributed by atoms with E-state index < -0.39 is 0 Å². The number of carbonyl (C=O) groups is 1. The molecule has 0 bridgehead atoms. The smallest absolute Gasteiger partial charge is 0.270 e. The van der Waals surface area contributed by atoms with Crippen molar-refractivity contribution in [2.24, 2.45) is 0 Å². The SMILES string of the molecule is Cc1c(Cl)cccc1Nc1c(-c2ccncc2)c(CO[C@H]2CCOC2)n2c1C(=O)NCC2. The van der Waals surface area contributed by atoms with Gasteiger partial charge in [-0.2, -0.15) is 0 Å². The molecule has 1 fully saturated rings. The van der Waals surface area contributed by atoms with Crippen molar-refractivity contribution in [2.75, 3.05) is 25.1 Å². The number of amides is 1. The zero-order valence-corrected chi connectivity index (χ0v) is 18.6. The molecular weight excluding hydrogens is 428 g/mol. The van der Waals surface area contributed by atoms with Gasteiger partial charge >= 0.3 is 0 Å². The molecule has 8 heteroatoms. The number of nitrogens with zero attached hydrogens (tertiary/aromatic N) is 2. The number of anilines is 2. The first-order valence-corrected chi connectivity index (χ1v) is 11.2. The van der Waals surface area contributed by atoms with Gasteiger partial charge < -0.3 is 24.7 Å². The summed E-state index contributed by atoms with van der Waals surface area (Å²) in [5.41, 5.74) is 6.01. The molecule has 2 aromatic heterocycles. The van der Waals surface area contributed by atoms with E-state index in [0.717, 1.165) is 46.8 Å². The summed E-state index contributed by atoms with van der Waals surface area (Å²) in [5, 5.41) is 7.17. The third-order valence-corrected chi connectivity index (χ3v) is 6.46. The molecule has 4 heterocycles. The van der Waals surface area contributed by atoms with Crippen LogP contribution in [-0.2, 0) is 22.6 Å². The molecule has 0 radical (unpaired) electrons. The highest BCUT2D eigenvalue weighted by Crippen LogP contribution is 2.41. The average molecular weight is 453 g/mol. The normalized spacial score (nSPS) is 17.8. The lowest BCUT2D eigenvalue weighted by atomic mass is 10.0. The van der Waals surface area contributed by atoms with Gasteiger partial charge in [-0.1, -0.05) is 17.7 Å². The monoisotopic (exact) mass is 452 g/mol. The van der Waals surface area contributed by atoms with Gasteiger partial charge in [0.15, 0.2) is 0 Å². The van der Waals surface area contributed by atoms with Crippen molar-refractivity contribution in [3.05, 3.63) is 64.7 Å². The summed E-state index contributed by atoms with van der Waals surface area (Å²) in [5.74, 6) is -0.107. The molecule has 0 aliphatic carbocycles. The summed E-state index contributed by atoms with van der Waals surface area (Å²) in [6.45, 7) is 4.93. The predicted octanol–water partition coefficient (Wildman–Crippen LogP) is 4.30. The third-order valence-electron chi connectivity index (χ3n) is 6.05. The Morgan fingerprint density at radius 3 is 2.94 bits per heavy atom. The van der Waals surface area contributed by atoms with Crippen LogP contribution in [-0.4, -0.2) is 41.3 Å². The molecule has 7 nitrogen and oxygen atoms in total. The number of hydrogen-bond donors (Lipinski definition) is 2. The Labute approximate surface area is 191 Å². The largest absolute Gasteiger partial charge is 0.379 e. The second-order valence-electron chi connectivity index (χ2n) is 8.02. The Bertz CT molecular complexity index is 1140. The lowest BCUT2D eigenvalue weighted by molar-refractivity contribution is 0.0288. The topological polar surface area (TPSA) is 77.4 Å². The molecule has 1 saturated heterocycles. The first kappa shape index (κ1) is 21.0. The standard InChI is InChI=1S/C24H25ClN4O3/c1-15-18(25)3-2-4-19(15)28-22-21(16-5-8-26-9-6-16)20(14-32-17-7-12-31-13-17)29-11-10-27-24(30)23(22)29/h2-6,8-9,17,28H,7,10-14H2,1H3,(H,27,30)/t17-/m0/s1. The molecule has 0 unspecified atom stereocenters. The molecule has 2 N–H and O–H groups in total. The molecule has 0 spiro atoms. The Balaban J connectivity index is 1.66. The van der Waals surface area contributed by atoms with Gasteiger partial charge in [-0.15, -0.1) is 0 Å². The number of benzene rings is 1. The van der Waals surface area contributed by atoms with Crippen LogP contribution >= 0.6 is 11.6 Å². The van der Waals surface area contributed by atoms with Gasteiger partial charge in [-0.05, 0) is 48.7 Å². The summed E-state index contributed by atoms with van der Waals surface area (Å²) in [4.78, 5) is 17.2. The summed E-state index contributed by atoms with van der Waals surface area (Å²) < 4.78 is 13.8. The Morgan fingerprint density at radius 1 is 1.31 bits per heavy atom. The van der Waals surface area contributed by atoms with Crippen LogP contribution in [0.3, 0.4) is 0 Å². The van der Waals surface area contributed by atoms with Crippen LogP contribution in [0.25, 0.3) is 11.1 Å². The molecular formula is C24H25ClN4O3. The van der Waals surface area contributed by atoms with Gasteiger partial charge in [0.1, 0.15) is 5.69 Å². The van der Waals surface area contributed by atoms with Gasteiger partial charge in [-0.25, -0.2) is 0 Å². The summed E-state index contributed by atoms with van der Waals surface area (Å²) in [7, 11) is 0. The van der Waals surface area contributed by atoms with E-state index >= 15 is 0 Å². The lowest BCUT2D eigenvalue weighted by Gasteiger charge is -2.20. The molecule has 32 heavy (non-hydrogen) atoms. The van der Waals surface area contributed by atoms with E-state index in [1.165, 1.54) is 0 Å². The lowest BCUT2D eigenvalue weighted by Crippen LogP contribution is -2.36. The number of carbonyl (C=O) groups excluding carboxylic acids is 1. The van der Waals surface area contributed by atoms with E-state index in [2.05, 4.69) is 20.2 Å². The number of fused-ring (bicyclic) bond motifs is 1. The van der Waals surface area contributed by atoms with Crippen LogP contribution in [0.5, 0.6) is 0 Å². The second-order valence-corrected chi connectivity index (χ2v) is 8.43. The second kappa shape index (κ2) is 8.94. The number of pyridine rings is 1. The van der Waals surface area contributed by atoms with Crippen molar-refractivity contribution in [3.63, 3.8) is 0 Å². The van der Waals surface area contributed by atoms with Crippen molar-refractivity contribution >= 4 is 28.9 Å². The number of aromatic nitrogens is 2. The fourth-order valence-corrected chi connectivity index (χ4v) is 4.51. The fraction of sp³-hybridized carbons (Fsp3) is 0.333. The molecule has 1 atom stereocenters. The van der Waals surface area contributed by atoms with Gasteiger partial charge in [-0.3, -0.25) is 9.78 Å². The molecule has 166 valence electrons. The van der Waals surface area contributed by atoms with E-state index in [9.17, 15) is 4.79 Å². The van der Waals surface area contributed by atoms with Crippen molar-refractivity contribution in [2.45, 2.75) is 32.6 Å². The van der Waals surface area contributed by atoms with Gasteiger partial charge in [0, 0.05) is 48.4 Å². The Morgan fingerprint density at radius 2 is 2.16 bits per heavy atom. The van der Waals surface area contributed by atoms with E-state index in [4.69, 9.17) is 21.1 Å². The minimum Gasteiger partial charge on any atom is -0.379 e. The van der Waals surface area contributed by atoms with Crippen molar-refractivity contribution < 1.29 is 14.3 Å². The number of ether oxygens (including phenoxy) is 2. The van der Waals surface area contributed by atoms with E-state index in [0.29, 0.717) is 37.0 Å². The summed E-state index contributed by atoms with van der Waals surface area (Å²) in [6.07, 6.45) is 4.47. The highest BCUT2D eigenvalue weighted by Gasteiger charge is 2.31. The zero-order chi connectivity index (χ0) is 22.1. The maximum atomic E-state index is 13.0. The van der Waals surface area contributed by atoms with Crippen LogP contribution in [0.2, 0.25) is 5.02 Å². The number of rotatable bonds is 6. The molecule has 2 aliphatic heterocycles. The maximum Gasteiger partial charge on any atom is 0.270 e. The zero-order valence-electron chi connectivity index (χ0n) is 17.9. The van der Waals surface area contributed by atoms with E-state index in [1.54, 1.807) is 12.4 Å². The third kappa shape index (κ3) is 3.88. The van der Waals surface area contributed by atoms with Crippen molar-refractivity contribution in [3.8, 4) is 11.1 Å². The van der Waals surface area contributed by atoms with Crippen molar-refractivity contribution in [1.82, 2.24) is 14.9 Å². The fourth-order valence-electron chi connectivity index (χ4n) is 4.34. The average Bonchev–Trinajstić information content (AvgIpc) is 3.43. The van der Waals surface area contributed by atoms with Crippen LogP contribution in [0.15, 0.2) is 42.7 Å². The van der Waals surface area contributed by atoms with Crippen LogP contribution in [0.4, 0.5) is 11.4 Å². The first-order valence-electron chi connectivity index (χ1n) is 10.8. The molecule has 0 saturated carbocycles. The maximum absolute atomic E-state index is 13.0. The van der Waals surface area contributed by atoms with Gasteiger partial charge in [0.2, 0.25) is 0 Å². The Hall–Kier alpha value is -2.87. The minimum atomic E-state index is -0.107. The highest BCUT2D eigenvalue weighted by molar-refractivity contribution is 6.31. The van der Waals surface area contributed by atoms with Crippen LogP contribution in [0, 0.1) is 6.92 Å². The first-order chi connectivity index (χ1) is 15.6. The van der Waals surface area contributed by atoms with E-state index in [-0.39, 0.29) is 12.0 Å². The summed E-state index contributed by atoms with van der Waals surface area (Å²) in [6, 6.07) is 9.64. The highest BCUT2D eigenvalue weighted by atomic mass is 35.5. The Kier molecular flexibility index (Phi) is 5.87. The number of halogens is 1.